The van der Waals surface area contributed by atoms with E-state index in [2.05, 4.69) is 220 Å². The molecule has 0 heteroatoms. The summed E-state index contributed by atoms with van der Waals surface area (Å²) in [5.74, 6) is 1.53. The minimum atomic E-state index is -0.0493. The van der Waals surface area contributed by atoms with Crippen molar-refractivity contribution in [2.24, 2.45) is 0 Å². The van der Waals surface area contributed by atoms with Crippen molar-refractivity contribution in [1.29, 1.82) is 0 Å². The molecule has 3 aliphatic carbocycles. The molecule has 0 unspecified atom stereocenters. The summed E-state index contributed by atoms with van der Waals surface area (Å²) in [5, 5.41) is 0. The van der Waals surface area contributed by atoms with Gasteiger partial charge in [-0.15, -0.1) is 0 Å². The zero-order chi connectivity index (χ0) is 60.9. The van der Waals surface area contributed by atoms with Gasteiger partial charge in [0.25, 0.3) is 0 Å². The van der Waals surface area contributed by atoms with Crippen molar-refractivity contribution in [3.05, 3.63) is 276 Å². The largest absolute Gasteiger partial charge is 0.0587 e. The van der Waals surface area contributed by atoms with E-state index >= 15 is 0 Å². The first kappa shape index (κ1) is 61.4. The van der Waals surface area contributed by atoms with E-state index in [9.17, 15) is 0 Å². The fourth-order valence-electron chi connectivity index (χ4n) is 16.9. The van der Waals surface area contributed by atoms with Gasteiger partial charge in [-0.3, -0.25) is 0 Å². The molecule has 0 nitrogen and oxygen atoms in total. The monoisotopic (exact) mass is 1140 g/mol. The second kappa shape index (κ2) is 25.5. The van der Waals surface area contributed by atoms with E-state index in [-0.39, 0.29) is 17.3 Å². The highest BCUT2D eigenvalue weighted by atomic mass is 14.4. The number of hydrogen-bond acceptors (Lipinski definition) is 0. The molecule has 3 aliphatic rings. The molecule has 0 aliphatic heterocycles. The SMILES string of the molecule is Cc1cc(C)c(C(c2cc(Cc3cc(C4(c5cc(Cc6ccc(C)c(C(c7cc(C)c(C)cc7C)c7cc(C)c(C)cc7C)c6)c(C)c(C6CCCCC6)c5)CCCCC4)cc(C4CCCCC4)c3C)ccc2C)c2cc(C)c(C)cc2C)cc1C. The highest BCUT2D eigenvalue weighted by Crippen LogP contribution is 2.51. The maximum Gasteiger partial charge on any atom is 0.0348 e. The van der Waals surface area contributed by atoms with Crippen molar-refractivity contribution in [2.45, 2.75) is 249 Å². The van der Waals surface area contributed by atoms with Gasteiger partial charge >= 0.3 is 0 Å². The molecule has 0 heterocycles. The Morgan fingerprint density at radius 2 is 0.581 bits per heavy atom. The Balaban J connectivity index is 1.06. The van der Waals surface area contributed by atoms with Crippen molar-refractivity contribution in [3.8, 4) is 0 Å². The lowest BCUT2D eigenvalue weighted by Crippen LogP contribution is -2.32. The molecule has 0 atom stereocenters. The van der Waals surface area contributed by atoms with Crippen molar-refractivity contribution in [3.63, 3.8) is 0 Å². The molecule has 11 rings (SSSR count). The summed E-state index contributed by atoms with van der Waals surface area (Å²) in [6.07, 6.45) is 21.6. The van der Waals surface area contributed by atoms with Crippen LogP contribution in [0.15, 0.2) is 109 Å². The van der Waals surface area contributed by atoms with Crippen molar-refractivity contribution in [2.75, 3.05) is 0 Å². The quantitative estimate of drug-likeness (QED) is 0.0952. The van der Waals surface area contributed by atoms with E-state index in [0.29, 0.717) is 11.8 Å². The molecule has 0 amide bonds. The smallest absolute Gasteiger partial charge is 0.0348 e. The summed E-state index contributed by atoms with van der Waals surface area (Å²) in [6, 6.07) is 46.1. The van der Waals surface area contributed by atoms with Gasteiger partial charge in [-0.1, -0.05) is 167 Å². The molecule has 0 aromatic heterocycles. The van der Waals surface area contributed by atoms with Crippen LogP contribution in [-0.4, -0.2) is 0 Å². The fourth-order valence-corrected chi connectivity index (χ4v) is 16.9. The number of hydrogen-bond donors (Lipinski definition) is 0. The topological polar surface area (TPSA) is 0 Å². The highest BCUT2D eigenvalue weighted by Gasteiger charge is 2.39. The lowest BCUT2D eigenvalue weighted by atomic mass is 9.63. The molecule has 3 saturated carbocycles. The average molecular weight is 1140 g/mol. The Bertz CT molecular complexity index is 3470. The van der Waals surface area contributed by atoms with Gasteiger partial charge in [0.2, 0.25) is 0 Å². The molecule has 0 bridgehead atoms. The summed E-state index contributed by atoms with van der Waals surface area (Å²) >= 11 is 0. The minimum absolute atomic E-state index is 0.0493. The lowest BCUT2D eigenvalue weighted by Gasteiger charge is -2.41. The molecule has 8 aromatic rings. The molecule has 0 N–H and O–H groups in total. The number of rotatable bonds is 14. The fraction of sp³-hybridized carbons (Fsp3) is 0.442. The van der Waals surface area contributed by atoms with Gasteiger partial charge in [0.15, 0.2) is 0 Å². The van der Waals surface area contributed by atoms with E-state index in [1.54, 1.807) is 44.5 Å². The maximum atomic E-state index is 2.82. The van der Waals surface area contributed by atoms with Gasteiger partial charge in [-0.05, 0) is 341 Å². The van der Waals surface area contributed by atoms with Gasteiger partial charge in [-0.25, -0.2) is 0 Å². The van der Waals surface area contributed by atoms with E-state index < -0.39 is 0 Å². The molecular weight excluding hydrogens is 1030 g/mol. The normalized spacial score (nSPS) is 16.0. The standard InChI is InChI=1S/C86H104/c1-52-30-32-68(46-80(52)84(76-40-58(7)54(3)36-62(76)11)77-41-59(8)55(4)37-63(77)12)44-72-48-74(50-82(66(72)15)70-26-20-17-21-27-70)86(34-24-19-25-35-86)75-49-73(67(16)83(51-75)71-28-22-18-23-29-71)45-69-33-31-53(2)81(47-69)85(78-42-60(9)56(5)38-64(78)13)79-43-61(10)57(6)39-65(79)14/h30-33,36-43,46-51,70-71,84-85H,17-29,34-35,44-45H2,1-16H3. The average Bonchev–Trinajstić information content (AvgIpc) is 0.951. The zero-order valence-electron chi connectivity index (χ0n) is 56.2. The minimum Gasteiger partial charge on any atom is -0.0587 e. The predicted molar refractivity (Wildman–Crippen MR) is 370 cm³/mol. The van der Waals surface area contributed by atoms with E-state index in [0.717, 1.165) is 12.8 Å². The van der Waals surface area contributed by atoms with Gasteiger partial charge < -0.3 is 0 Å². The van der Waals surface area contributed by atoms with Crippen LogP contribution in [0.1, 0.15) is 287 Å². The van der Waals surface area contributed by atoms with Crippen LogP contribution in [0.25, 0.3) is 0 Å². The van der Waals surface area contributed by atoms with Crippen LogP contribution in [0.4, 0.5) is 0 Å². The third kappa shape index (κ3) is 12.2. The third-order valence-corrected chi connectivity index (χ3v) is 22.9. The van der Waals surface area contributed by atoms with Gasteiger partial charge in [0, 0.05) is 17.3 Å². The van der Waals surface area contributed by atoms with Crippen molar-refractivity contribution in [1.82, 2.24) is 0 Å². The summed E-state index contributed by atoms with van der Waals surface area (Å²) in [6.45, 7) is 37.4. The molecule has 448 valence electrons. The second-order valence-electron chi connectivity index (χ2n) is 28.8. The number of benzene rings is 8. The Morgan fingerprint density at radius 3 is 0.907 bits per heavy atom. The Kier molecular flexibility index (Phi) is 18.2. The first-order chi connectivity index (χ1) is 41.2. The lowest BCUT2D eigenvalue weighted by molar-refractivity contribution is 0.344. The summed E-state index contributed by atoms with van der Waals surface area (Å²) in [4.78, 5) is 0. The molecule has 86 heavy (non-hydrogen) atoms. The molecule has 8 aromatic carbocycles. The van der Waals surface area contributed by atoms with Gasteiger partial charge in [0.05, 0.1) is 0 Å². The number of aryl methyl sites for hydroxylation is 14. The van der Waals surface area contributed by atoms with E-state index in [1.807, 2.05) is 0 Å². The second-order valence-corrected chi connectivity index (χ2v) is 28.8. The van der Waals surface area contributed by atoms with Crippen LogP contribution in [0.2, 0.25) is 0 Å². The van der Waals surface area contributed by atoms with Crippen LogP contribution < -0.4 is 0 Å². The van der Waals surface area contributed by atoms with E-state index in [1.165, 1.54) is 219 Å². The van der Waals surface area contributed by atoms with Crippen LogP contribution >= 0.6 is 0 Å². The summed E-state index contributed by atoms with van der Waals surface area (Å²) in [5.41, 5.74) is 43.4. The Labute approximate surface area is 522 Å². The Morgan fingerprint density at radius 1 is 0.291 bits per heavy atom. The zero-order valence-corrected chi connectivity index (χ0v) is 56.2. The van der Waals surface area contributed by atoms with Crippen LogP contribution in [0.3, 0.4) is 0 Å². The van der Waals surface area contributed by atoms with E-state index in [4.69, 9.17) is 0 Å². The molecular formula is C86H104. The predicted octanol–water partition coefficient (Wildman–Crippen LogP) is 23.5. The maximum absolute atomic E-state index is 2.82. The molecule has 0 radical (unpaired) electrons. The molecule has 3 fully saturated rings. The summed E-state index contributed by atoms with van der Waals surface area (Å²) in [7, 11) is 0. The van der Waals surface area contributed by atoms with Crippen molar-refractivity contribution < 1.29 is 0 Å². The summed E-state index contributed by atoms with van der Waals surface area (Å²) < 4.78 is 0. The van der Waals surface area contributed by atoms with Crippen LogP contribution in [0.5, 0.6) is 0 Å². The highest BCUT2D eigenvalue weighted by molar-refractivity contribution is 5.59. The van der Waals surface area contributed by atoms with Gasteiger partial charge in [0.1, 0.15) is 0 Å². The first-order valence-corrected chi connectivity index (χ1v) is 34.0. The molecule has 0 spiro atoms. The van der Waals surface area contributed by atoms with Crippen LogP contribution in [-0.2, 0) is 18.3 Å². The first-order valence-electron chi connectivity index (χ1n) is 34.0. The van der Waals surface area contributed by atoms with Gasteiger partial charge in [-0.2, -0.15) is 0 Å². The van der Waals surface area contributed by atoms with Crippen molar-refractivity contribution >= 4 is 0 Å². The van der Waals surface area contributed by atoms with Crippen LogP contribution in [0, 0.1) is 111 Å². The Hall–Kier alpha value is -6.24. The molecule has 0 saturated heterocycles. The third-order valence-electron chi connectivity index (χ3n) is 22.9.